The first-order chi connectivity index (χ1) is 26.8. The number of benzene rings is 9. The molecule has 0 amide bonds. The average Bonchev–Trinajstić information content (AvgIpc) is 3.65. The van der Waals surface area contributed by atoms with E-state index < -0.39 is 0 Å². The number of furan rings is 1. The lowest BCUT2D eigenvalue weighted by Crippen LogP contribution is -2.10. The van der Waals surface area contributed by atoms with E-state index in [2.05, 4.69) is 217 Å². The van der Waals surface area contributed by atoms with Gasteiger partial charge in [0.05, 0.1) is 11.1 Å². The molecule has 9 aromatic carbocycles. The molecule has 0 bridgehead atoms. The molecule has 0 atom stereocenters. The minimum Gasteiger partial charge on any atom is -0.455 e. The van der Waals surface area contributed by atoms with Crippen molar-refractivity contribution in [3.05, 3.63) is 212 Å². The van der Waals surface area contributed by atoms with Gasteiger partial charge in [-0.15, -0.1) is 0 Å². The summed E-state index contributed by atoms with van der Waals surface area (Å²) < 4.78 is 6.86. The van der Waals surface area contributed by atoms with Gasteiger partial charge < -0.3 is 9.32 Å². The summed E-state index contributed by atoms with van der Waals surface area (Å²) in [6.07, 6.45) is 0. The third kappa shape index (κ3) is 5.53. The standard InChI is InChI=1S/C52H35NO/c1-4-15-36(16-5-1)38-27-31-41(32-28-38)53(42-33-29-39(30-34-42)37-17-6-2-7-18-37)49-25-14-26-50-51(49)48-35-47(45-23-12-13-24-46(45)52(48)54-50)44-22-11-10-21-43(44)40-19-8-3-9-20-40/h1-35H. The van der Waals surface area contributed by atoms with Gasteiger partial charge in [-0.3, -0.25) is 0 Å². The van der Waals surface area contributed by atoms with Crippen LogP contribution in [0.5, 0.6) is 0 Å². The fourth-order valence-electron chi connectivity index (χ4n) is 7.92. The van der Waals surface area contributed by atoms with Gasteiger partial charge in [0.25, 0.3) is 0 Å². The molecule has 54 heavy (non-hydrogen) atoms. The number of rotatable bonds is 7. The molecule has 0 aliphatic rings. The summed E-state index contributed by atoms with van der Waals surface area (Å²) in [5.74, 6) is 0. The van der Waals surface area contributed by atoms with E-state index in [1.54, 1.807) is 0 Å². The molecule has 254 valence electrons. The Morgan fingerprint density at radius 1 is 0.315 bits per heavy atom. The third-order valence-corrected chi connectivity index (χ3v) is 10.5. The molecule has 0 aliphatic heterocycles. The number of nitrogens with zero attached hydrogens (tertiary/aromatic N) is 1. The highest BCUT2D eigenvalue weighted by atomic mass is 16.3. The number of hydrogen-bond acceptors (Lipinski definition) is 2. The van der Waals surface area contributed by atoms with Gasteiger partial charge in [0.15, 0.2) is 0 Å². The van der Waals surface area contributed by atoms with Crippen molar-refractivity contribution in [1.82, 2.24) is 0 Å². The first kappa shape index (κ1) is 31.6. The molecule has 2 heteroatoms. The first-order valence-electron chi connectivity index (χ1n) is 18.4. The second-order valence-corrected chi connectivity index (χ2v) is 13.7. The third-order valence-electron chi connectivity index (χ3n) is 10.5. The summed E-state index contributed by atoms with van der Waals surface area (Å²) in [6.45, 7) is 0. The van der Waals surface area contributed by atoms with Gasteiger partial charge in [-0.25, -0.2) is 0 Å². The molecule has 0 spiro atoms. The van der Waals surface area contributed by atoms with Gasteiger partial charge in [-0.2, -0.15) is 0 Å². The molecule has 0 saturated heterocycles. The lowest BCUT2D eigenvalue weighted by atomic mass is 9.90. The van der Waals surface area contributed by atoms with Gasteiger partial charge in [0, 0.05) is 22.1 Å². The minimum absolute atomic E-state index is 0.855. The molecule has 0 radical (unpaired) electrons. The predicted molar refractivity (Wildman–Crippen MR) is 228 cm³/mol. The topological polar surface area (TPSA) is 16.4 Å². The predicted octanol–water partition coefficient (Wildman–Crippen LogP) is 14.9. The van der Waals surface area contributed by atoms with Crippen molar-refractivity contribution >= 4 is 49.8 Å². The molecular formula is C52H35NO. The van der Waals surface area contributed by atoms with Gasteiger partial charge in [0.1, 0.15) is 11.2 Å². The van der Waals surface area contributed by atoms with Crippen LogP contribution >= 0.6 is 0 Å². The Balaban J connectivity index is 1.21. The Hall–Kier alpha value is -7.16. The largest absolute Gasteiger partial charge is 0.455 e. The van der Waals surface area contributed by atoms with Crippen LogP contribution in [0.25, 0.3) is 77.2 Å². The summed E-state index contributed by atoms with van der Waals surface area (Å²) in [5.41, 5.74) is 14.5. The van der Waals surface area contributed by atoms with Crippen molar-refractivity contribution < 1.29 is 4.42 Å². The lowest BCUT2D eigenvalue weighted by molar-refractivity contribution is 0.672. The molecule has 1 heterocycles. The van der Waals surface area contributed by atoms with E-state index in [0.717, 1.165) is 44.4 Å². The first-order valence-corrected chi connectivity index (χ1v) is 18.4. The highest BCUT2D eigenvalue weighted by Crippen LogP contribution is 2.47. The van der Waals surface area contributed by atoms with Gasteiger partial charge in [-0.05, 0) is 92.4 Å². The van der Waals surface area contributed by atoms with Gasteiger partial charge >= 0.3 is 0 Å². The van der Waals surface area contributed by atoms with Crippen LogP contribution in [0.2, 0.25) is 0 Å². The Bertz CT molecular complexity index is 2810. The van der Waals surface area contributed by atoms with E-state index in [-0.39, 0.29) is 0 Å². The number of fused-ring (bicyclic) bond motifs is 5. The van der Waals surface area contributed by atoms with E-state index >= 15 is 0 Å². The van der Waals surface area contributed by atoms with Crippen LogP contribution in [-0.4, -0.2) is 0 Å². The van der Waals surface area contributed by atoms with E-state index in [1.807, 2.05) is 0 Å². The summed E-state index contributed by atoms with van der Waals surface area (Å²) in [5, 5.41) is 4.43. The van der Waals surface area contributed by atoms with Crippen LogP contribution in [0, 0.1) is 0 Å². The quantitative estimate of drug-likeness (QED) is 0.166. The maximum absolute atomic E-state index is 6.86. The van der Waals surface area contributed by atoms with Crippen LogP contribution in [0.15, 0.2) is 217 Å². The number of hydrogen-bond donors (Lipinski definition) is 0. The Kier molecular flexibility index (Phi) is 7.85. The smallest absolute Gasteiger partial charge is 0.143 e. The molecule has 0 unspecified atom stereocenters. The summed E-state index contributed by atoms with van der Waals surface area (Å²) in [6, 6.07) is 75.7. The zero-order valence-corrected chi connectivity index (χ0v) is 29.6. The zero-order valence-electron chi connectivity index (χ0n) is 29.6. The molecular weight excluding hydrogens is 655 g/mol. The van der Waals surface area contributed by atoms with E-state index in [4.69, 9.17) is 4.42 Å². The van der Waals surface area contributed by atoms with Crippen LogP contribution in [-0.2, 0) is 0 Å². The Labute approximate surface area is 314 Å². The molecule has 0 N–H and O–H groups in total. The molecule has 10 aromatic rings. The number of anilines is 3. The summed E-state index contributed by atoms with van der Waals surface area (Å²) in [7, 11) is 0. The fourth-order valence-corrected chi connectivity index (χ4v) is 7.92. The van der Waals surface area contributed by atoms with Crippen LogP contribution in [0.4, 0.5) is 17.1 Å². The van der Waals surface area contributed by atoms with Gasteiger partial charge in [0.2, 0.25) is 0 Å². The highest BCUT2D eigenvalue weighted by molar-refractivity contribution is 6.23. The molecule has 0 saturated carbocycles. The van der Waals surface area contributed by atoms with Crippen LogP contribution < -0.4 is 4.90 Å². The van der Waals surface area contributed by atoms with Crippen molar-refractivity contribution in [2.24, 2.45) is 0 Å². The normalized spacial score (nSPS) is 11.3. The van der Waals surface area contributed by atoms with Crippen LogP contribution in [0.1, 0.15) is 0 Å². The summed E-state index contributed by atoms with van der Waals surface area (Å²) >= 11 is 0. The average molecular weight is 690 g/mol. The Morgan fingerprint density at radius 3 is 1.39 bits per heavy atom. The lowest BCUT2D eigenvalue weighted by Gasteiger charge is -2.26. The second-order valence-electron chi connectivity index (χ2n) is 13.7. The molecule has 0 fully saturated rings. The monoisotopic (exact) mass is 689 g/mol. The zero-order chi connectivity index (χ0) is 35.8. The highest BCUT2D eigenvalue weighted by Gasteiger charge is 2.22. The maximum atomic E-state index is 6.86. The van der Waals surface area contributed by atoms with Crippen molar-refractivity contribution in [3.8, 4) is 44.5 Å². The van der Waals surface area contributed by atoms with Crippen molar-refractivity contribution in [2.75, 3.05) is 4.90 Å². The second kappa shape index (κ2) is 13.4. The fraction of sp³-hybridized carbons (Fsp3) is 0. The Morgan fingerprint density at radius 2 is 0.796 bits per heavy atom. The maximum Gasteiger partial charge on any atom is 0.143 e. The molecule has 1 aromatic heterocycles. The molecule has 10 rings (SSSR count). The molecule has 2 nitrogen and oxygen atoms in total. The van der Waals surface area contributed by atoms with Crippen LogP contribution in [0.3, 0.4) is 0 Å². The molecule has 0 aliphatic carbocycles. The minimum atomic E-state index is 0.855. The summed E-state index contributed by atoms with van der Waals surface area (Å²) in [4.78, 5) is 2.37. The van der Waals surface area contributed by atoms with E-state index in [9.17, 15) is 0 Å². The van der Waals surface area contributed by atoms with Crippen molar-refractivity contribution in [1.29, 1.82) is 0 Å². The SMILES string of the molecule is c1ccc(-c2ccc(N(c3ccc(-c4ccccc4)cc3)c3cccc4oc5c6ccccc6c(-c6ccccc6-c6ccccc6)cc5c34)cc2)cc1. The van der Waals surface area contributed by atoms with E-state index in [0.29, 0.717) is 0 Å². The van der Waals surface area contributed by atoms with E-state index in [1.165, 1.54) is 49.9 Å². The van der Waals surface area contributed by atoms with Gasteiger partial charge in [-0.1, -0.05) is 170 Å². The van der Waals surface area contributed by atoms with Crippen molar-refractivity contribution in [2.45, 2.75) is 0 Å². The van der Waals surface area contributed by atoms with Crippen molar-refractivity contribution in [3.63, 3.8) is 0 Å².